The molecule has 0 N–H and O–H groups in total. The minimum atomic E-state index is -1.10. The molecule has 0 aromatic rings. The summed E-state index contributed by atoms with van der Waals surface area (Å²) in [6, 6.07) is 0. The van der Waals surface area contributed by atoms with Gasteiger partial charge in [0, 0.05) is 5.41 Å². The highest BCUT2D eigenvalue weighted by molar-refractivity contribution is 5.93. The molecule has 3 aliphatic rings. The lowest BCUT2D eigenvalue weighted by molar-refractivity contribution is -0.185. The molecule has 3 atom stereocenters. The number of carbonyl (C=O) groups is 2. The van der Waals surface area contributed by atoms with Crippen molar-refractivity contribution in [3.05, 3.63) is 12.2 Å². The summed E-state index contributed by atoms with van der Waals surface area (Å²) in [5.74, 6) is -0.620. The zero-order valence-corrected chi connectivity index (χ0v) is 13.1. The van der Waals surface area contributed by atoms with Crippen LogP contribution in [0.25, 0.3) is 0 Å². The Morgan fingerprint density at radius 3 is 2.67 bits per heavy atom. The third-order valence-electron chi connectivity index (χ3n) is 6.13. The predicted octanol–water partition coefficient (Wildman–Crippen LogP) is 3.15. The third kappa shape index (κ3) is 1.80. The van der Waals surface area contributed by atoms with Crippen molar-refractivity contribution in [1.29, 1.82) is 0 Å². The lowest BCUT2D eigenvalue weighted by atomic mass is 9.66. The fraction of sp³-hybridized carbons (Fsp3) is 0.765. The maximum Gasteiger partial charge on any atom is 0.351 e. The number of carbonyl (C=O) groups excluding carboxylic acids is 2. The first-order valence-electron chi connectivity index (χ1n) is 7.95. The van der Waals surface area contributed by atoms with Crippen LogP contribution in [0.3, 0.4) is 0 Å². The van der Waals surface area contributed by atoms with Crippen LogP contribution in [0.15, 0.2) is 12.2 Å². The van der Waals surface area contributed by atoms with Crippen molar-refractivity contribution in [2.45, 2.75) is 71.0 Å². The number of hydrogen-bond acceptors (Lipinski definition) is 4. The van der Waals surface area contributed by atoms with Crippen molar-refractivity contribution in [2.75, 3.05) is 0 Å². The van der Waals surface area contributed by atoms with E-state index in [0.717, 1.165) is 25.7 Å². The smallest absolute Gasteiger partial charge is 0.351 e. The third-order valence-corrected chi connectivity index (χ3v) is 6.13. The van der Waals surface area contributed by atoms with Crippen LogP contribution in [0.2, 0.25) is 0 Å². The molecule has 21 heavy (non-hydrogen) atoms. The highest BCUT2D eigenvalue weighted by Crippen LogP contribution is 2.65. The van der Waals surface area contributed by atoms with Crippen LogP contribution >= 0.6 is 0 Å². The van der Waals surface area contributed by atoms with Crippen LogP contribution in [0, 0.1) is 10.8 Å². The monoisotopic (exact) mass is 292 g/mol. The minimum absolute atomic E-state index is 0.184. The van der Waals surface area contributed by atoms with Gasteiger partial charge in [-0.1, -0.05) is 19.9 Å². The number of ether oxygens (including phenoxy) is 2. The Morgan fingerprint density at radius 2 is 2.05 bits per heavy atom. The molecule has 0 aromatic carbocycles. The Kier molecular flexibility index (Phi) is 3.19. The molecular weight excluding hydrogens is 268 g/mol. The normalized spacial score (nSPS) is 40.7. The molecule has 4 heteroatoms. The fourth-order valence-electron chi connectivity index (χ4n) is 3.99. The van der Waals surface area contributed by atoms with E-state index in [9.17, 15) is 9.59 Å². The summed E-state index contributed by atoms with van der Waals surface area (Å²) < 4.78 is 11.3. The van der Waals surface area contributed by atoms with Gasteiger partial charge in [0.2, 0.25) is 5.60 Å². The number of rotatable bonds is 2. The molecule has 1 aliphatic heterocycles. The largest absolute Gasteiger partial charge is 0.455 e. The summed E-state index contributed by atoms with van der Waals surface area (Å²) in [5, 5.41) is 0. The molecule has 2 fully saturated rings. The lowest BCUT2D eigenvalue weighted by Crippen LogP contribution is -2.49. The van der Waals surface area contributed by atoms with Crippen molar-refractivity contribution in [3.63, 3.8) is 0 Å². The molecule has 1 heterocycles. The zero-order valence-electron chi connectivity index (χ0n) is 13.1. The van der Waals surface area contributed by atoms with E-state index in [1.807, 2.05) is 26.8 Å². The van der Waals surface area contributed by atoms with Gasteiger partial charge in [-0.2, -0.15) is 0 Å². The van der Waals surface area contributed by atoms with Gasteiger partial charge in [0.15, 0.2) is 0 Å². The molecule has 4 nitrogen and oxygen atoms in total. The molecule has 1 saturated carbocycles. The van der Waals surface area contributed by atoms with E-state index >= 15 is 0 Å². The molecule has 0 spiro atoms. The van der Waals surface area contributed by atoms with Gasteiger partial charge in [0.05, 0.1) is 5.41 Å². The Labute approximate surface area is 125 Å². The van der Waals surface area contributed by atoms with Gasteiger partial charge in [-0.3, -0.25) is 4.79 Å². The molecule has 0 amide bonds. The predicted molar refractivity (Wildman–Crippen MR) is 77.4 cm³/mol. The highest BCUT2D eigenvalue weighted by atomic mass is 16.6. The minimum Gasteiger partial charge on any atom is -0.455 e. The standard InChI is InChI=1S/C17H24O4/c1-15(2)16(3)10-11-17(15,21-13(16)18)14(19)20-12-8-6-4-5-7-9-12/h6,8,12H,4-5,7,9-11H2,1-3H3/t12?,16?,17-/m1/s1. The van der Waals surface area contributed by atoms with E-state index in [-0.39, 0.29) is 18.0 Å². The molecule has 0 radical (unpaired) electrons. The van der Waals surface area contributed by atoms with Crippen LogP contribution in [0.4, 0.5) is 0 Å². The van der Waals surface area contributed by atoms with Crippen LogP contribution in [-0.2, 0) is 19.1 Å². The Balaban J connectivity index is 1.83. The van der Waals surface area contributed by atoms with Gasteiger partial charge in [0.1, 0.15) is 6.10 Å². The second-order valence-corrected chi connectivity index (χ2v) is 7.33. The summed E-state index contributed by atoms with van der Waals surface area (Å²) >= 11 is 0. The van der Waals surface area contributed by atoms with Crippen LogP contribution in [0.5, 0.6) is 0 Å². The van der Waals surface area contributed by atoms with Crippen molar-refractivity contribution >= 4 is 11.9 Å². The first kappa shape index (κ1) is 14.6. The van der Waals surface area contributed by atoms with Gasteiger partial charge in [-0.15, -0.1) is 0 Å². The Bertz CT molecular complexity index is 507. The van der Waals surface area contributed by atoms with Crippen LogP contribution < -0.4 is 0 Å². The highest BCUT2D eigenvalue weighted by Gasteiger charge is 2.76. The second kappa shape index (κ2) is 4.59. The van der Waals surface area contributed by atoms with E-state index < -0.39 is 16.4 Å². The number of allylic oxidation sites excluding steroid dienone is 1. The molecule has 2 aliphatic carbocycles. The topological polar surface area (TPSA) is 52.6 Å². The number of hydrogen-bond donors (Lipinski definition) is 0. The van der Waals surface area contributed by atoms with E-state index in [1.165, 1.54) is 0 Å². The quantitative estimate of drug-likeness (QED) is 0.579. The maximum absolute atomic E-state index is 12.8. The summed E-state index contributed by atoms with van der Waals surface area (Å²) in [6.45, 7) is 5.81. The van der Waals surface area contributed by atoms with Gasteiger partial charge in [0.25, 0.3) is 0 Å². The summed E-state index contributed by atoms with van der Waals surface area (Å²) in [4.78, 5) is 25.0. The summed E-state index contributed by atoms with van der Waals surface area (Å²) in [5.41, 5.74) is -2.20. The average molecular weight is 292 g/mol. The summed E-state index contributed by atoms with van der Waals surface area (Å²) in [6.07, 6.45) is 9.20. The van der Waals surface area contributed by atoms with Gasteiger partial charge in [-0.05, 0) is 51.5 Å². The first-order valence-corrected chi connectivity index (χ1v) is 7.95. The summed E-state index contributed by atoms with van der Waals surface area (Å²) in [7, 11) is 0. The number of esters is 2. The molecule has 1 saturated heterocycles. The van der Waals surface area contributed by atoms with Gasteiger partial charge in [-0.25, -0.2) is 4.79 Å². The van der Waals surface area contributed by atoms with Crippen molar-refractivity contribution in [2.24, 2.45) is 10.8 Å². The SMILES string of the molecule is CC12CC[C@](C(=O)OC3C=CCCCC3)(OC1=O)C2(C)C. The molecule has 3 rings (SSSR count). The molecular formula is C17H24O4. The van der Waals surface area contributed by atoms with E-state index in [1.54, 1.807) is 0 Å². The molecule has 2 bridgehead atoms. The number of fused-ring (bicyclic) bond motifs is 2. The van der Waals surface area contributed by atoms with E-state index in [0.29, 0.717) is 12.8 Å². The van der Waals surface area contributed by atoms with Crippen molar-refractivity contribution in [3.8, 4) is 0 Å². The van der Waals surface area contributed by atoms with E-state index in [2.05, 4.69) is 6.08 Å². The fourth-order valence-corrected chi connectivity index (χ4v) is 3.99. The Morgan fingerprint density at radius 1 is 1.29 bits per heavy atom. The zero-order chi connectivity index (χ0) is 15.3. The molecule has 2 unspecified atom stereocenters. The second-order valence-electron chi connectivity index (χ2n) is 7.33. The first-order chi connectivity index (χ1) is 9.83. The van der Waals surface area contributed by atoms with Crippen LogP contribution in [0.1, 0.15) is 59.3 Å². The van der Waals surface area contributed by atoms with Gasteiger partial charge < -0.3 is 9.47 Å². The van der Waals surface area contributed by atoms with Gasteiger partial charge >= 0.3 is 11.9 Å². The van der Waals surface area contributed by atoms with Crippen LogP contribution in [-0.4, -0.2) is 23.6 Å². The molecule has 0 aromatic heterocycles. The average Bonchev–Trinajstić information content (AvgIpc) is 2.66. The van der Waals surface area contributed by atoms with E-state index in [4.69, 9.17) is 9.47 Å². The van der Waals surface area contributed by atoms with Crippen molar-refractivity contribution in [1.82, 2.24) is 0 Å². The van der Waals surface area contributed by atoms with Crippen molar-refractivity contribution < 1.29 is 19.1 Å². The Hall–Kier alpha value is -1.32. The maximum atomic E-state index is 12.8. The lowest BCUT2D eigenvalue weighted by Gasteiger charge is -2.35. The molecule has 116 valence electrons.